The number of amides is 1. The molecule has 0 saturated carbocycles. The summed E-state index contributed by atoms with van der Waals surface area (Å²) in [6.07, 6.45) is 6.01. The van der Waals surface area contributed by atoms with Crippen molar-refractivity contribution in [3.63, 3.8) is 0 Å². The first-order chi connectivity index (χ1) is 14.9. The maximum atomic E-state index is 12.8. The number of hydrogen-bond acceptors (Lipinski definition) is 5. The molecular weight excluding hydrogens is 390 g/mol. The summed E-state index contributed by atoms with van der Waals surface area (Å²) in [7, 11) is 0. The number of carbonyl (C=O) groups excluding carboxylic acids is 2. The van der Waals surface area contributed by atoms with Crippen LogP contribution in [0.1, 0.15) is 36.7 Å². The zero-order valence-electron chi connectivity index (χ0n) is 18.2. The molecule has 0 spiro atoms. The number of aromatic nitrogens is 4. The maximum Gasteiger partial charge on any atom is 0.228 e. The summed E-state index contributed by atoms with van der Waals surface area (Å²) >= 11 is 0. The van der Waals surface area contributed by atoms with Gasteiger partial charge in [0.15, 0.2) is 0 Å². The molecule has 1 aliphatic rings. The van der Waals surface area contributed by atoms with Gasteiger partial charge in [-0.1, -0.05) is 13.0 Å². The van der Waals surface area contributed by atoms with Crippen LogP contribution in [0, 0.1) is 19.8 Å². The molecule has 1 atom stereocenters. The summed E-state index contributed by atoms with van der Waals surface area (Å²) in [4.78, 5) is 35.7. The number of pyridine rings is 2. The molecule has 0 aliphatic carbocycles. The Bertz CT molecular complexity index is 1100. The van der Waals surface area contributed by atoms with Crippen LogP contribution in [0.5, 0.6) is 0 Å². The first kappa shape index (κ1) is 20.9. The molecule has 0 N–H and O–H groups in total. The number of carbonyl (C=O) groups is 2. The summed E-state index contributed by atoms with van der Waals surface area (Å²) < 4.78 is 1.89. The van der Waals surface area contributed by atoms with Crippen LogP contribution in [-0.4, -0.2) is 38.0 Å². The van der Waals surface area contributed by atoms with Gasteiger partial charge < -0.3 is 0 Å². The van der Waals surface area contributed by atoms with Crippen molar-refractivity contribution < 1.29 is 9.59 Å². The van der Waals surface area contributed by atoms with Crippen molar-refractivity contribution in [2.24, 2.45) is 5.92 Å². The number of ketones is 1. The van der Waals surface area contributed by atoms with E-state index < -0.39 is 0 Å². The second-order valence-electron chi connectivity index (χ2n) is 8.44. The summed E-state index contributed by atoms with van der Waals surface area (Å²) in [6.45, 7) is 7.50. The fourth-order valence-electron chi connectivity index (χ4n) is 3.96. The topological polar surface area (TPSA) is 81.0 Å². The van der Waals surface area contributed by atoms with Gasteiger partial charge in [-0.25, -0.2) is 4.68 Å². The first-order valence-corrected chi connectivity index (χ1v) is 10.6. The van der Waals surface area contributed by atoms with E-state index in [2.05, 4.69) is 28.1 Å². The lowest BCUT2D eigenvalue weighted by molar-refractivity contribution is -0.123. The molecule has 7 heteroatoms. The Morgan fingerprint density at radius 3 is 2.61 bits per heavy atom. The van der Waals surface area contributed by atoms with E-state index in [9.17, 15) is 9.59 Å². The van der Waals surface area contributed by atoms with Crippen LogP contribution in [-0.2, 0) is 22.6 Å². The fraction of sp³-hybridized carbons (Fsp3) is 0.375. The van der Waals surface area contributed by atoms with Crippen molar-refractivity contribution in [1.29, 1.82) is 0 Å². The maximum absolute atomic E-state index is 12.8. The lowest BCUT2D eigenvalue weighted by Gasteiger charge is -2.31. The third kappa shape index (κ3) is 4.87. The van der Waals surface area contributed by atoms with Gasteiger partial charge in [0.25, 0.3) is 0 Å². The van der Waals surface area contributed by atoms with E-state index in [0.29, 0.717) is 18.2 Å². The minimum atomic E-state index is -0.0312. The highest BCUT2D eigenvalue weighted by Crippen LogP contribution is 2.25. The van der Waals surface area contributed by atoms with E-state index >= 15 is 0 Å². The largest absolute Gasteiger partial charge is 0.299 e. The standard InChI is InChI=1S/C24H27N5O2/c1-16-8-20(12-25-11-16)19-4-5-21(26-13-19)10-22(30)6-7-24(31)28-14-17(2)15-29-23(28)9-18(3)27-29/h4-5,8-9,11-13,17H,6-7,10,14-15H2,1-3H3. The minimum Gasteiger partial charge on any atom is -0.299 e. The van der Waals surface area contributed by atoms with E-state index in [-0.39, 0.29) is 31.0 Å². The second kappa shape index (κ2) is 8.79. The van der Waals surface area contributed by atoms with E-state index in [0.717, 1.165) is 34.7 Å². The molecule has 4 rings (SSSR count). The average molecular weight is 418 g/mol. The van der Waals surface area contributed by atoms with Crippen LogP contribution in [0.3, 0.4) is 0 Å². The summed E-state index contributed by atoms with van der Waals surface area (Å²) in [5.74, 6) is 1.14. The van der Waals surface area contributed by atoms with Gasteiger partial charge >= 0.3 is 0 Å². The number of Topliss-reactive ketones (excluding diaryl/α,β-unsaturated/α-hetero) is 1. The molecule has 3 aromatic rings. The van der Waals surface area contributed by atoms with Crippen molar-refractivity contribution in [2.75, 3.05) is 11.4 Å². The molecular formula is C24H27N5O2. The molecule has 1 aliphatic heterocycles. The van der Waals surface area contributed by atoms with E-state index in [4.69, 9.17) is 0 Å². The van der Waals surface area contributed by atoms with Crippen molar-refractivity contribution in [3.05, 3.63) is 59.8 Å². The highest BCUT2D eigenvalue weighted by Gasteiger charge is 2.27. The SMILES string of the molecule is Cc1cncc(-c2ccc(CC(=O)CCC(=O)N3CC(C)Cn4nc(C)cc43)nc2)c1. The summed E-state index contributed by atoms with van der Waals surface area (Å²) in [5, 5.41) is 4.46. The van der Waals surface area contributed by atoms with Gasteiger partial charge in [-0.05, 0) is 37.5 Å². The molecule has 3 aromatic heterocycles. The van der Waals surface area contributed by atoms with Crippen molar-refractivity contribution in [2.45, 2.75) is 46.6 Å². The average Bonchev–Trinajstić information content (AvgIpc) is 3.11. The smallest absolute Gasteiger partial charge is 0.228 e. The molecule has 160 valence electrons. The molecule has 0 saturated heterocycles. The molecule has 0 fully saturated rings. The predicted octanol–water partition coefficient (Wildman–Crippen LogP) is 3.53. The Labute approximate surface area is 182 Å². The number of fused-ring (bicyclic) bond motifs is 1. The van der Waals surface area contributed by atoms with Gasteiger partial charge in [0.05, 0.1) is 5.69 Å². The molecule has 0 radical (unpaired) electrons. The van der Waals surface area contributed by atoms with Crippen molar-refractivity contribution in [3.8, 4) is 11.1 Å². The Morgan fingerprint density at radius 2 is 1.87 bits per heavy atom. The van der Waals surface area contributed by atoms with Crippen LogP contribution in [0.25, 0.3) is 11.1 Å². The molecule has 31 heavy (non-hydrogen) atoms. The third-order valence-electron chi connectivity index (χ3n) is 5.47. The zero-order valence-corrected chi connectivity index (χ0v) is 18.2. The highest BCUT2D eigenvalue weighted by molar-refractivity contribution is 5.95. The van der Waals surface area contributed by atoms with Gasteiger partial charge in [-0.3, -0.25) is 24.5 Å². The number of hydrogen-bond donors (Lipinski definition) is 0. The van der Waals surface area contributed by atoms with Gasteiger partial charge in [0, 0.05) is 73.8 Å². The van der Waals surface area contributed by atoms with E-state index in [1.54, 1.807) is 17.3 Å². The van der Waals surface area contributed by atoms with Crippen LogP contribution in [0.15, 0.2) is 42.9 Å². The number of rotatable bonds is 6. The lowest BCUT2D eigenvalue weighted by Crippen LogP contribution is -2.41. The Morgan fingerprint density at radius 1 is 1.03 bits per heavy atom. The monoisotopic (exact) mass is 417 g/mol. The second-order valence-corrected chi connectivity index (χ2v) is 8.44. The number of anilines is 1. The Hall–Kier alpha value is -3.35. The molecule has 1 unspecified atom stereocenters. The van der Waals surface area contributed by atoms with Crippen LogP contribution in [0.4, 0.5) is 5.82 Å². The summed E-state index contributed by atoms with van der Waals surface area (Å²) in [5.41, 5.74) is 4.66. The van der Waals surface area contributed by atoms with Crippen LogP contribution < -0.4 is 4.90 Å². The summed E-state index contributed by atoms with van der Waals surface area (Å²) in [6, 6.07) is 7.80. The first-order valence-electron chi connectivity index (χ1n) is 10.6. The van der Waals surface area contributed by atoms with Gasteiger partial charge in [0.1, 0.15) is 11.6 Å². The number of aryl methyl sites for hydroxylation is 2. The van der Waals surface area contributed by atoms with Crippen molar-refractivity contribution in [1.82, 2.24) is 19.7 Å². The van der Waals surface area contributed by atoms with E-state index in [1.165, 1.54) is 0 Å². The molecule has 1 amide bonds. The van der Waals surface area contributed by atoms with Gasteiger partial charge in [-0.15, -0.1) is 0 Å². The molecule has 0 aromatic carbocycles. The molecule has 0 bridgehead atoms. The van der Waals surface area contributed by atoms with Crippen molar-refractivity contribution >= 4 is 17.5 Å². The van der Waals surface area contributed by atoms with Crippen LogP contribution in [0.2, 0.25) is 0 Å². The zero-order chi connectivity index (χ0) is 22.0. The number of nitrogens with zero attached hydrogens (tertiary/aromatic N) is 5. The normalized spacial score (nSPS) is 15.6. The third-order valence-corrected chi connectivity index (χ3v) is 5.47. The van der Waals surface area contributed by atoms with E-state index in [1.807, 2.05) is 42.9 Å². The quantitative estimate of drug-likeness (QED) is 0.613. The fourth-order valence-corrected chi connectivity index (χ4v) is 3.96. The van der Waals surface area contributed by atoms with Crippen LogP contribution >= 0.6 is 0 Å². The lowest BCUT2D eigenvalue weighted by atomic mass is 10.1. The molecule has 4 heterocycles. The van der Waals surface area contributed by atoms with Gasteiger partial charge in [0.2, 0.25) is 5.91 Å². The minimum absolute atomic E-state index is 0.0144. The molecule has 7 nitrogen and oxygen atoms in total. The highest BCUT2D eigenvalue weighted by atomic mass is 16.2. The Kier molecular flexibility index (Phi) is 5.93. The van der Waals surface area contributed by atoms with Gasteiger partial charge in [-0.2, -0.15) is 5.10 Å². The Balaban J connectivity index is 1.34. The predicted molar refractivity (Wildman–Crippen MR) is 119 cm³/mol.